The van der Waals surface area contributed by atoms with E-state index >= 15 is 0 Å². The van der Waals surface area contributed by atoms with Crippen LogP contribution in [-0.2, 0) is 20.0 Å². The van der Waals surface area contributed by atoms with Gasteiger partial charge in [0.05, 0.1) is 0 Å². The highest BCUT2D eigenvalue weighted by atomic mass is 15.3. The molecule has 0 spiro atoms. The third-order valence-corrected chi connectivity index (χ3v) is 3.57. The summed E-state index contributed by atoms with van der Waals surface area (Å²) in [6.45, 7) is 1.82. The lowest BCUT2D eigenvalue weighted by Crippen LogP contribution is -2.18. The highest BCUT2D eigenvalue weighted by Crippen LogP contribution is 2.17. The second-order valence-electron chi connectivity index (χ2n) is 4.89. The van der Waals surface area contributed by atoms with Crippen molar-refractivity contribution in [1.82, 2.24) is 20.1 Å². The molecule has 1 N–H and O–H groups in total. The van der Waals surface area contributed by atoms with Gasteiger partial charge in [-0.25, -0.2) is 0 Å². The quantitative estimate of drug-likeness (QED) is 0.721. The molecule has 20 heavy (non-hydrogen) atoms. The third kappa shape index (κ3) is 2.70. The van der Waals surface area contributed by atoms with Gasteiger partial charge in [-0.3, -0.25) is 9.67 Å². The Hall–Kier alpha value is -2.20. The van der Waals surface area contributed by atoms with E-state index in [1.54, 1.807) is 0 Å². The number of hydrogen-bond acceptors (Lipinski definition) is 3. The summed E-state index contributed by atoms with van der Waals surface area (Å²) < 4.78 is 1.92. The molecule has 0 bridgehead atoms. The Kier molecular flexibility index (Phi) is 3.74. The first-order valence-electron chi connectivity index (χ1n) is 6.84. The molecule has 2 heterocycles. The van der Waals surface area contributed by atoms with Crippen molar-refractivity contribution >= 4 is 10.8 Å². The van der Waals surface area contributed by atoms with Crippen LogP contribution in [0.15, 0.2) is 48.9 Å². The van der Waals surface area contributed by atoms with Crippen molar-refractivity contribution in [2.75, 3.05) is 6.54 Å². The Morgan fingerprint density at radius 3 is 2.95 bits per heavy atom. The van der Waals surface area contributed by atoms with Gasteiger partial charge in [-0.05, 0) is 23.1 Å². The normalized spacial score (nSPS) is 11.1. The van der Waals surface area contributed by atoms with E-state index in [0.29, 0.717) is 0 Å². The lowest BCUT2D eigenvalue weighted by molar-refractivity contribution is 0.644. The number of benzene rings is 1. The number of aryl methyl sites for hydroxylation is 1. The molecule has 0 aliphatic heterocycles. The number of hydrogen-bond donors (Lipinski definition) is 1. The topological polar surface area (TPSA) is 42.7 Å². The van der Waals surface area contributed by atoms with Gasteiger partial charge in [-0.2, -0.15) is 5.10 Å². The molecule has 0 aliphatic rings. The molecular weight excluding hydrogens is 248 g/mol. The Bertz CT molecular complexity index is 697. The van der Waals surface area contributed by atoms with Crippen LogP contribution in [0.2, 0.25) is 0 Å². The summed E-state index contributed by atoms with van der Waals surface area (Å²) in [6, 6.07) is 10.5. The molecule has 0 aliphatic carbocycles. The van der Waals surface area contributed by atoms with Crippen LogP contribution >= 0.6 is 0 Å². The highest BCUT2D eigenvalue weighted by molar-refractivity contribution is 5.84. The molecule has 0 saturated carbocycles. The number of nitrogens with zero attached hydrogens (tertiary/aromatic N) is 3. The number of fused-ring (bicyclic) bond motifs is 1. The molecule has 0 fully saturated rings. The van der Waals surface area contributed by atoms with Gasteiger partial charge in [0, 0.05) is 56.2 Å². The van der Waals surface area contributed by atoms with Gasteiger partial charge >= 0.3 is 0 Å². The fourth-order valence-corrected chi connectivity index (χ4v) is 2.43. The summed E-state index contributed by atoms with van der Waals surface area (Å²) in [5, 5.41) is 10.1. The molecule has 3 aromatic rings. The van der Waals surface area contributed by atoms with Crippen molar-refractivity contribution in [3.05, 3.63) is 60.2 Å². The maximum Gasteiger partial charge on any atom is 0.0492 e. The van der Waals surface area contributed by atoms with Crippen LogP contribution < -0.4 is 5.32 Å². The van der Waals surface area contributed by atoms with Gasteiger partial charge < -0.3 is 5.32 Å². The van der Waals surface area contributed by atoms with Crippen LogP contribution in [0.4, 0.5) is 0 Å². The largest absolute Gasteiger partial charge is 0.312 e. The van der Waals surface area contributed by atoms with E-state index in [1.807, 2.05) is 30.3 Å². The van der Waals surface area contributed by atoms with Gasteiger partial charge in [0.1, 0.15) is 0 Å². The zero-order valence-corrected chi connectivity index (χ0v) is 11.6. The molecular formula is C16H18N4. The van der Waals surface area contributed by atoms with Crippen molar-refractivity contribution in [2.24, 2.45) is 7.05 Å². The van der Waals surface area contributed by atoms with Gasteiger partial charge in [0.25, 0.3) is 0 Å². The van der Waals surface area contributed by atoms with Crippen LogP contribution in [0.25, 0.3) is 10.8 Å². The van der Waals surface area contributed by atoms with Gasteiger partial charge in [-0.15, -0.1) is 0 Å². The maximum atomic E-state index is 4.18. The van der Waals surface area contributed by atoms with E-state index in [-0.39, 0.29) is 0 Å². The third-order valence-electron chi connectivity index (χ3n) is 3.57. The summed E-state index contributed by atoms with van der Waals surface area (Å²) in [5.74, 6) is 0. The summed E-state index contributed by atoms with van der Waals surface area (Å²) >= 11 is 0. The summed E-state index contributed by atoms with van der Waals surface area (Å²) in [7, 11) is 1.98. The van der Waals surface area contributed by atoms with Crippen LogP contribution in [0.1, 0.15) is 11.3 Å². The number of rotatable bonds is 5. The van der Waals surface area contributed by atoms with Gasteiger partial charge in [0.2, 0.25) is 0 Å². The van der Waals surface area contributed by atoms with E-state index in [4.69, 9.17) is 0 Å². The molecule has 4 nitrogen and oxygen atoms in total. The molecule has 102 valence electrons. The lowest BCUT2D eigenvalue weighted by atomic mass is 10.1. The SMILES string of the molecule is Cn1nccc1CCNCc1cccc2cnccc12. The highest BCUT2D eigenvalue weighted by Gasteiger charge is 2.01. The van der Waals surface area contributed by atoms with E-state index in [0.717, 1.165) is 19.5 Å². The van der Waals surface area contributed by atoms with Crippen molar-refractivity contribution in [3.63, 3.8) is 0 Å². The molecule has 0 unspecified atom stereocenters. The Labute approximate surface area is 118 Å². The minimum atomic E-state index is 0.874. The Balaban J connectivity index is 1.62. The van der Waals surface area contributed by atoms with Crippen molar-refractivity contribution in [1.29, 1.82) is 0 Å². The Morgan fingerprint density at radius 2 is 2.10 bits per heavy atom. The predicted octanol–water partition coefficient (Wildman–Crippen LogP) is 2.30. The minimum Gasteiger partial charge on any atom is -0.312 e. The maximum absolute atomic E-state index is 4.18. The van der Waals surface area contributed by atoms with E-state index < -0.39 is 0 Å². The number of aromatic nitrogens is 3. The van der Waals surface area contributed by atoms with Crippen LogP contribution in [-0.4, -0.2) is 21.3 Å². The second-order valence-corrected chi connectivity index (χ2v) is 4.89. The fourth-order valence-electron chi connectivity index (χ4n) is 2.43. The Morgan fingerprint density at radius 1 is 1.15 bits per heavy atom. The molecule has 2 aromatic heterocycles. The molecule has 1 aromatic carbocycles. The first-order chi connectivity index (χ1) is 9.84. The van der Waals surface area contributed by atoms with E-state index in [1.165, 1.54) is 22.0 Å². The van der Waals surface area contributed by atoms with Gasteiger partial charge in [0.15, 0.2) is 0 Å². The zero-order valence-electron chi connectivity index (χ0n) is 11.6. The first kappa shape index (κ1) is 12.8. The molecule has 0 saturated heterocycles. The molecule has 0 atom stereocenters. The standard InChI is InChI=1S/C16H18N4/c1-20-15(6-10-19-20)5-8-17-11-13-3-2-4-14-12-18-9-7-16(13)14/h2-4,6-7,9-10,12,17H,5,8,11H2,1H3. The monoisotopic (exact) mass is 266 g/mol. The smallest absolute Gasteiger partial charge is 0.0492 e. The predicted molar refractivity (Wildman–Crippen MR) is 80.4 cm³/mol. The summed E-state index contributed by atoms with van der Waals surface area (Å²) in [5.41, 5.74) is 2.56. The minimum absolute atomic E-state index is 0.874. The number of pyridine rings is 1. The number of nitrogens with one attached hydrogen (secondary N) is 1. The van der Waals surface area contributed by atoms with Crippen LogP contribution in [0.3, 0.4) is 0 Å². The first-order valence-corrected chi connectivity index (χ1v) is 6.84. The van der Waals surface area contributed by atoms with E-state index in [9.17, 15) is 0 Å². The average Bonchev–Trinajstić information content (AvgIpc) is 2.89. The molecule has 3 rings (SSSR count). The van der Waals surface area contributed by atoms with Crippen LogP contribution in [0, 0.1) is 0 Å². The zero-order chi connectivity index (χ0) is 13.8. The van der Waals surface area contributed by atoms with Gasteiger partial charge in [-0.1, -0.05) is 18.2 Å². The lowest BCUT2D eigenvalue weighted by Gasteiger charge is -2.08. The van der Waals surface area contributed by atoms with Crippen molar-refractivity contribution in [2.45, 2.75) is 13.0 Å². The second kappa shape index (κ2) is 5.84. The molecule has 4 heteroatoms. The fraction of sp³-hybridized carbons (Fsp3) is 0.250. The van der Waals surface area contributed by atoms with Crippen molar-refractivity contribution in [3.8, 4) is 0 Å². The molecule has 0 amide bonds. The van der Waals surface area contributed by atoms with E-state index in [2.05, 4.69) is 45.7 Å². The molecule has 0 radical (unpaired) electrons. The summed E-state index contributed by atoms with van der Waals surface area (Å²) in [4.78, 5) is 4.16. The average molecular weight is 266 g/mol. The van der Waals surface area contributed by atoms with Crippen LogP contribution in [0.5, 0.6) is 0 Å². The summed E-state index contributed by atoms with van der Waals surface area (Å²) in [6.07, 6.45) is 6.59. The van der Waals surface area contributed by atoms with Crippen molar-refractivity contribution < 1.29 is 0 Å².